The van der Waals surface area contributed by atoms with Gasteiger partial charge in [-0.3, -0.25) is 0 Å². The average molecular weight is 833 g/mol. The predicted octanol–water partition coefficient (Wildman–Crippen LogP) is 17.0. The van der Waals surface area contributed by atoms with E-state index in [-0.39, 0.29) is 0 Å². The van der Waals surface area contributed by atoms with Crippen LogP contribution in [0.15, 0.2) is 243 Å². The van der Waals surface area contributed by atoms with Gasteiger partial charge in [-0.25, -0.2) is 0 Å². The molecule has 300 valence electrons. The fraction of sp³-hybridized carbons (Fsp3) is 0.0164. The smallest absolute Gasteiger partial charge is 0.0727 e. The molecule has 2 aliphatic rings. The maximum Gasteiger partial charge on any atom is 0.0727 e. The Morgan fingerprint density at radius 3 is 1.58 bits per heavy atom. The van der Waals surface area contributed by atoms with Crippen LogP contribution in [0.5, 0.6) is 0 Å². The second-order valence-electron chi connectivity index (χ2n) is 16.8. The van der Waals surface area contributed by atoms with E-state index in [1.165, 1.54) is 75.8 Å². The zero-order chi connectivity index (χ0) is 42.2. The summed E-state index contributed by atoms with van der Waals surface area (Å²) in [5, 5.41) is 2.58. The van der Waals surface area contributed by atoms with Gasteiger partial charge < -0.3 is 9.80 Å². The fourth-order valence-corrected chi connectivity index (χ4v) is 12.0. The zero-order valence-electron chi connectivity index (χ0n) is 34.9. The van der Waals surface area contributed by atoms with Crippen LogP contribution in [0.25, 0.3) is 53.6 Å². The molecule has 3 heteroatoms. The molecule has 0 fully saturated rings. The lowest BCUT2D eigenvalue weighted by Gasteiger charge is -2.33. The summed E-state index contributed by atoms with van der Waals surface area (Å²) in [4.78, 5) is 4.93. The van der Waals surface area contributed by atoms with Crippen molar-refractivity contribution >= 4 is 65.6 Å². The molecular weight excluding hydrogens is 793 g/mol. The van der Waals surface area contributed by atoms with Crippen LogP contribution in [0, 0.1) is 0 Å². The van der Waals surface area contributed by atoms with E-state index in [9.17, 15) is 0 Å². The molecule has 0 saturated heterocycles. The van der Waals surface area contributed by atoms with E-state index < -0.39 is 5.41 Å². The second kappa shape index (κ2) is 14.6. The van der Waals surface area contributed by atoms with Crippen LogP contribution in [0.1, 0.15) is 22.3 Å². The van der Waals surface area contributed by atoms with Crippen molar-refractivity contribution in [3.05, 3.63) is 265 Å². The van der Waals surface area contributed by atoms with Gasteiger partial charge in [0, 0.05) is 54.0 Å². The molecule has 2 nitrogen and oxygen atoms in total. The van der Waals surface area contributed by atoms with Gasteiger partial charge in [-0.05, 0) is 117 Å². The van der Waals surface area contributed by atoms with Gasteiger partial charge in [0.15, 0.2) is 0 Å². The van der Waals surface area contributed by atoms with Gasteiger partial charge in [0.25, 0.3) is 0 Å². The number of hydrogen-bond donors (Lipinski definition) is 0. The number of anilines is 6. The lowest BCUT2D eigenvalue weighted by atomic mass is 9.70. The van der Waals surface area contributed by atoms with Crippen LogP contribution in [0.3, 0.4) is 0 Å². The third-order valence-corrected chi connectivity index (χ3v) is 14.6. The molecule has 0 amide bonds. The summed E-state index contributed by atoms with van der Waals surface area (Å²) in [7, 11) is 0. The molecule has 1 spiro atoms. The SMILES string of the molecule is c1ccc(-c2ccccc2N(c2ccccc2)c2ccc3c(c2)C2(c4ccccc4-3)c3ccccc3-c3c(N(c4ccccc4)c4ccc5sc6ccccc6c5c4)cccc32)cc1. The molecular formula is C61H40N2S. The van der Waals surface area contributed by atoms with Crippen LogP contribution in [-0.2, 0) is 5.41 Å². The minimum atomic E-state index is -0.568. The van der Waals surface area contributed by atoms with Crippen molar-refractivity contribution in [1.29, 1.82) is 0 Å². The van der Waals surface area contributed by atoms with E-state index >= 15 is 0 Å². The Hall–Kier alpha value is -7.98. The van der Waals surface area contributed by atoms with Crippen molar-refractivity contribution in [3.63, 3.8) is 0 Å². The number of thiophene rings is 1. The van der Waals surface area contributed by atoms with E-state index in [1.807, 2.05) is 11.3 Å². The topological polar surface area (TPSA) is 6.48 Å². The van der Waals surface area contributed by atoms with Crippen molar-refractivity contribution in [2.24, 2.45) is 0 Å². The molecule has 11 aromatic rings. The van der Waals surface area contributed by atoms with Crippen molar-refractivity contribution in [2.75, 3.05) is 9.80 Å². The lowest BCUT2D eigenvalue weighted by Crippen LogP contribution is -2.26. The first-order chi connectivity index (χ1) is 31.8. The Morgan fingerprint density at radius 2 is 0.812 bits per heavy atom. The summed E-state index contributed by atoms with van der Waals surface area (Å²) in [5.74, 6) is 0. The van der Waals surface area contributed by atoms with E-state index in [4.69, 9.17) is 0 Å². The number of benzene rings is 10. The van der Waals surface area contributed by atoms with Crippen LogP contribution in [0.4, 0.5) is 34.1 Å². The van der Waals surface area contributed by atoms with E-state index in [1.54, 1.807) is 0 Å². The maximum absolute atomic E-state index is 2.49. The molecule has 1 heterocycles. The Bertz CT molecular complexity index is 3580. The molecule has 1 unspecified atom stereocenters. The van der Waals surface area contributed by atoms with Crippen molar-refractivity contribution in [2.45, 2.75) is 5.41 Å². The summed E-state index contributed by atoms with van der Waals surface area (Å²) >= 11 is 1.86. The number of para-hydroxylation sites is 3. The Kier molecular flexibility index (Phi) is 8.34. The third kappa shape index (κ3) is 5.38. The second-order valence-corrected chi connectivity index (χ2v) is 17.9. The summed E-state index contributed by atoms with van der Waals surface area (Å²) < 4.78 is 2.61. The quantitative estimate of drug-likeness (QED) is 0.158. The van der Waals surface area contributed by atoms with Gasteiger partial charge in [0.2, 0.25) is 0 Å². The van der Waals surface area contributed by atoms with E-state index in [2.05, 4.69) is 252 Å². The molecule has 0 radical (unpaired) electrons. The number of fused-ring (bicyclic) bond motifs is 13. The molecule has 10 aromatic carbocycles. The molecule has 2 aliphatic carbocycles. The van der Waals surface area contributed by atoms with Gasteiger partial charge in [-0.1, -0.05) is 170 Å². The molecule has 0 N–H and O–H groups in total. The summed E-state index contributed by atoms with van der Waals surface area (Å²) in [5.41, 5.74) is 18.9. The predicted molar refractivity (Wildman–Crippen MR) is 270 cm³/mol. The van der Waals surface area contributed by atoms with Gasteiger partial charge in [-0.2, -0.15) is 0 Å². The average Bonchev–Trinajstić information content (AvgIpc) is 3.99. The van der Waals surface area contributed by atoms with E-state index in [0.29, 0.717) is 0 Å². The Labute approximate surface area is 377 Å². The van der Waals surface area contributed by atoms with Gasteiger partial charge in [0.05, 0.1) is 16.8 Å². The summed E-state index contributed by atoms with van der Waals surface area (Å²) in [6, 6.07) is 89.6. The number of hydrogen-bond acceptors (Lipinski definition) is 3. The van der Waals surface area contributed by atoms with Crippen LogP contribution >= 0.6 is 11.3 Å². The maximum atomic E-state index is 2.49. The normalized spacial score (nSPS) is 14.3. The lowest BCUT2D eigenvalue weighted by molar-refractivity contribution is 0.793. The Morgan fingerprint density at radius 1 is 0.297 bits per heavy atom. The molecule has 1 atom stereocenters. The largest absolute Gasteiger partial charge is 0.310 e. The minimum Gasteiger partial charge on any atom is -0.310 e. The number of rotatable bonds is 7. The first kappa shape index (κ1) is 36.7. The standard InChI is InChI=1S/C61H40N2S/c1-4-19-41(20-5-1)46-25-12-16-32-56(46)62(42-21-6-2-7-22-42)45-35-37-48-47-26-10-14-29-52(47)61(55(48)40-45)53-30-15-11-28-50(53)60-54(61)31-18-33-57(60)63(43-23-8-3-9-24-43)44-36-38-59-51(39-44)49-27-13-17-34-58(49)64-59/h1-40H. The van der Waals surface area contributed by atoms with Crippen LogP contribution < -0.4 is 9.80 Å². The van der Waals surface area contributed by atoms with Crippen LogP contribution in [0.2, 0.25) is 0 Å². The third-order valence-electron chi connectivity index (χ3n) is 13.5. The minimum absolute atomic E-state index is 0.568. The molecule has 0 bridgehead atoms. The van der Waals surface area contributed by atoms with Crippen LogP contribution in [-0.4, -0.2) is 0 Å². The summed E-state index contributed by atoms with van der Waals surface area (Å²) in [6.45, 7) is 0. The molecule has 13 rings (SSSR count). The van der Waals surface area contributed by atoms with Crippen molar-refractivity contribution < 1.29 is 0 Å². The first-order valence-electron chi connectivity index (χ1n) is 22.0. The van der Waals surface area contributed by atoms with Gasteiger partial charge in [-0.15, -0.1) is 11.3 Å². The fourth-order valence-electron chi connectivity index (χ4n) is 10.9. The van der Waals surface area contributed by atoms with Crippen molar-refractivity contribution in [1.82, 2.24) is 0 Å². The van der Waals surface area contributed by atoms with Crippen molar-refractivity contribution in [3.8, 4) is 33.4 Å². The number of nitrogens with zero attached hydrogens (tertiary/aromatic N) is 2. The molecule has 0 saturated carbocycles. The van der Waals surface area contributed by atoms with E-state index in [0.717, 1.165) is 34.1 Å². The van der Waals surface area contributed by atoms with Gasteiger partial charge in [0.1, 0.15) is 0 Å². The first-order valence-corrected chi connectivity index (χ1v) is 22.8. The highest BCUT2D eigenvalue weighted by Gasteiger charge is 2.52. The highest BCUT2D eigenvalue weighted by Crippen LogP contribution is 2.65. The van der Waals surface area contributed by atoms with Gasteiger partial charge >= 0.3 is 0 Å². The summed E-state index contributed by atoms with van der Waals surface area (Å²) in [6.07, 6.45) is 0. The highest BCUT2D eigenvalue weighted by molar-refractivity contribution is 7.25. The zero-order valence-corrected chi connectivity index (χ0v) is 35.7. The molecule has 0 aliphatic heterocycles. The monoisotopic (exact) mass is 832 g/mol. The molecule has 64 heavy (non-hydrogen) atoms. The molecule has 1 aromatic heterocycles. The Balaban J connectivity index is 1.07. The highest BCUT2D eigenvalue weighted by atomic mass is 32.1.